The van der Waals surface area contributed by atoms with E-state index in [0.29, 0.717) is 93.5 Å². The fraction of sp³-hybridized carbons (Fsp3) is 0.235. The fourth-order valence-electron chi connectivity index (χ4n) is 6.67. The minimum absolute atomic E-state index is 0.0102. The molecule has 2 amide bonds. The van der Waals surface area contributed by atoms with Crippen LogP contribution < -0.4 is 21.8 Å². The molecule has 0 radical (unpaired) electrons. The SMILES string of the molecule is O=C1CC(Cn2cnn3cc(-c4cccc(-c5cccc(-c6cc7c(=O)n(CC8CNC(=O)C8)cnn7c6)c5Cl)c4Cl)cc3c2=O)CN1. The first kappa shape index (κ1) is 30.2. The summed E-state index contributed by atoms with van der Waals surface area (Å²) in [6, 6.07) is 14.8. The van der Waals surface area contributed by atoms with E-state index >= 15 is 0 Å². The third kappa shape index (κ3) is 5.26. The quantitative estimate of drug-likeness (QED) is 0.262. The summed E-state index contributed by atoms with van der Waals surface area (Å²) in [5, 5.41) is 15.4. The summed E-state index contributed by atoms with van der Waals surface area (Å²) >= 11 is 14.1. The first-order chi connectivity index (χ1) is 23.2. The lowest BCUT2D eigenvalue weighted by Gasteiger charge is -2.13. The van der Waals surface area contributed by atoms with E-state index in [9.17, 15) is 19.2 Å². The molecule has 2 atom stereocenters. The molecule has 2 aliphatic rings. The van der Waals surface area contributed by atoms with Gasteiger partial charge in [-0.3, -0.25) is 28.3 Å². The van der Waals surface area contributed by atoms with Crippen LogP contribution in [0.3, 0.4) is 0 Å². The number of benzene rings is 2. The van der Waals surface area contributed by atoms with E-state index in [1.54, 1.807) is 33.7 Å². The molecular weight excluding hydrogens is 655 g/mol. The minimum atomic E-state index is -0.203. The predicted octanol–water partition coefficient (Wildman–Crippen LogP) is 3.89. The molecule has 6 heterocycles. The maximum atomic E-state index is 13.3. The van der Waals surface area contributed by atoms with Crippen molar-refractivity contribution in [2.75, 3.05) is 13.1 Å². The zero-order valence-electron chi connectivity index (χ0n) is 25.4. The van der Waals surface area contributed by atoms with E-state index in [1.807, 2.05) is 36.4 Å². The number of nitrogens with one attached hydrogen (secondary N) is 2. The first-order valence-electron chi connectivity index (χ1n) is 15.5. The number of aromatic nitrogens is 6. The molecule has 2 unspecified atom stereocenters. The van der Waals surface area contributed by atoms with Crippen LogP contribution in [-0.2, 0) is 22.7 Å². The molecule has 0 bridgehead atoms. The van der Waals surface area contributed by atoms with Gasteiger partial charge in [-0.25, -0.2) is 9.03 Å². The Kier molecular flexibility index (Phi) is 7.41. The number of hydrogen-bond acceptors (Lipinski definition) is 6. The van der Waals surface area contributed by atoms with Gasteiger partial charge in [-0.1, -0.05) is 59.6 Å². The Hall–Kier alpha value is -5.20. The largest absolute Gasteiger partial charge is 0.356 e. The molecule has 0 spiro atoms. The van der Waals surface area contributed by atoms with Crippen LogP contribution in [-0.4, -0.2) is 53.3 Å². The van der Waals surface area contributed by atoms with Gasteiger partial charge < -0.3 is 10.6 Å². The molecule has 12 nitrogen and oxygen atoms in total. The minimum Gasteiger partial charge on any atom is -0.356 e. The summed E-state index contributed by atoms with van der Waals surface area (Å²) in [5.74, 6) is 0.0504. The van der Waals surface area contributed by atoms with Crippen LogP contribution in [0.25, 0.3) is 44.4 Å². The Morgan fingerprint density at radius 1 is 0.646 bits per heavy atom. The van der Waals surface area contributed by atoms with E-state index in [-0.39, 0.29) is 34.8 Å². The van der Waals surface area contributed by atoms with Crippen LogP contribution >= 0.6 is 23.2 Å². The smallest absolute Gasteiger partial charge is 0.277 e. The van der Waals surface area contributed by atoms with Crippen LogP contribution in [0, 0.1) is 11.8 Å². The van der Waals surface area contributed by atoms with Crippen molar-refractivity contribution in [2.24, 2.45) is 11.8 Å². The van der Waals surface area contributed by atoms with Crippen LogP contribution in [0.1, 0.15) is 12.8 Å². The highest BCUT2D eigenvalue weighted by atomic mass is 35.5. The number of amides is 2. The summed E-state index contributed by atoms with van der Waals surface area (Å²) in [5.41, 5.74) is 4.62. The van der Waals surface area contributed by atoms with E-state index in [2.05, 4.69) is 20.8 Å². The molecule has 6 aromatic rings. The molecule has 14 heteroatoms. The number of halogens is 2. The van der Waals surface area contributed by atoms with Crippen LogP contribution in [0.4, 0.5) is 0 Å². The first-order valence-corrected chi connectivity index (χ1v) is 16.3. The van der Waals surface area contributed by atoms with Crippen LogP contribution in [0.5, 0.6) is 0 Å². The molecule has 2 aliphatic heterocycles. The molecule has 0 aliphatic carbocycles. The molecule has 242 valence electrons. The van der Waals surface area contributed by atoms with Gasteiger partial charge in [0.2, 0.25) is 11.8 Å². The Bertz CT molecular complexity index is 2240. The Balaban J connectivity index is 1.12. The lowest BCUT2D eigenvalue weighted by atomic mass is 9.97. The van der Waals surface area contributed by atoms with Gasteiger partial charge >= 0.3 is 0 Å². The van der Waals surface area contributed by atoms with Gasteiger partial charge in [0, 0.05) is 96.6 Å². The van der Waals surface area contributed by atoms with Crippen molar-refractivity contribution < 1.29 is 9.59 Å². The van der Waals surface area contributed by atoms with Gasteiger partial charge in [-0.15, -0.1) is 0 Å². The number of carbonyl (C=O) groups excluding carboxylic acids is 2. The lowest BCUT2D eigenvalue weighted by Crippen LogP contribution is -2.26. The molecule has 2 fully saturated rings. The second kappa shape index (κ2) is 11.8. The molecule has 48 heavy (non-hydrogen) atoms. The highest BCUT2D eigenvalue weighted by Crippen LogP contribution is 2.42. The van der Waals surface area contributed by atoms with Crippen molar-refractivity contribution in [1.82, 2.24) is 39.0 Å². The average molecular weight is 684 g/mol. The van der Waals surface area contributed by atoms with Crippen molar-refractivity contribution in [3.8, 4) is 33.4 Å². The third-order valence-electron chi connectivity index (χ3n) is 9.13. The average Bonchev–Trinajstić information content (AvgIpc) is 3.88. The standard InChI is InChI=1S/C34H28Cl2N8O4/c35-31-23(21-9-27-33(47)41(17-39-43(27)15-21)13-19-7-29(45)37-11-19)3-1-5-25(31)26-6-2-4-24(32(26)36)22-10-28-34(48)42(18-40-44(28)16-22)14-20-8-30(46)38-12-20/h1-6,9-10,15-20H,7-8,11-14H2,(H,37,45)(H,38,46). The normalized spacial score (nSPS) is 17.8. The zero-order valence-corrected chi connectivity index (χ0v) is 26.9. The molecule has 4 aromatic heterocycles. The molecule has 8 rings (SSSR count). The highest BCUT2D eigenvalue weighted by molar-refractivity contribution is 6.39. The lowest BCUT2D eigenvalue weighted by molar-refractivity contribution is -0.120. The van der Waals surface area contributed by atoms with Gasteiger partial charge in [0.15, 0.2) is 0 Å². The number of fused-ring (bicyclic) bond motifs is 2. The van der Waals surface area contributed by atoms with E-state index in [0.717, 1.165) is 0 Å². The van der Waals surface area contributed by atoms with Crippen molar-refractivity contribution in [2.45, 2.75) is 25.9 Å². The van der Waals surface area contributed by atoms with Crippen LogP contribution in [0.2, 0.25) is 10.0 Å². The van der Waals surface area contributed by atoms with E-state index < -0.39 is 0 Å². The summed E-state index contributed by atoms with van der Waals surface area (Å²) in [6.07, 6.45) is 7.29. The fourth-order valence-corrected chi connectivity index (χ4v) is 7.35. The highest BCUT2D eigenvalue weighted by Gasteiger charge is 2.24. The summed E-state index contributed by atoms with van der Waals surface area (Å²) in [6.45, 7) is 1.87. The van der Waals surface area contributed by atoms with Crippen molar-refractivity contribution in [3.05, 3.63) is 104 Å². The van der Waals surface area contributed by atoms with Gasteiger partial charge in [0.25, 0.3) is 11.1 Å². The second-order valence-electron chi connectivity index (χ2n) is 12.4. The number of nitrogens with zero attached hydrogens (tertiary/aromatic N) is 6. The van der Waals surface area contributed by atoms with Crippen molar-refractivity contribution in [1.29, 1.82) is 0 Å². The van der Waals surface area contributed by atoms with E-state index in [1.165, 1.54) is 21.7 Å². The number of hydrogen-bond donors (Lipinski definition) is 2. The zero-order chi connectivity index (χ0) is 33.1. The van der Waals surface area contributed by atoms with Gasteiger partial charge in [0.1, 0.15) is 23.7 Å². The molecule has 2 aromatic carbocycles. The molecule has 2 N–H and O–H groups in total. The summed E-state index contributed by atoms with van der Waals surface area (Å²) < 4.78 is 6.15. The van der Waals surface area contributed by atoms with Crippen molar-refractivity contribution in [3.63, 3.8) is 0 Å². The maximum absolute atomic E-state index is 13.3. The number of rotatable bonds is 7. The predicted molar refractivity (Wildman–Crippen MR) is 181 cm³/mol. The van der Waals surface area contributed by atoms with Gasteiger partial charge in [-0.2, -0.15) is 10.2 Å². The van der Waals surface area contributed by atoms with E-state index in [4.69, 9.17) is 23.2 Å². The van der Waals surface area contributed by atoms with Gasteiger partial charge in [0.05, 0.1) is 10.0 Å². The maximum Gasteiger partial charge on any atom is 0.277 e. The van der Waals surface area contributed by atoms with Crippen molar-refractivity contribution >= 4 is 46.0 Å². The number of carbonyl (C=O) groups is 2. The van der Waals surface area contributed by atoms with Crippen LogP contribution in [0.15, 0.2) is 83.2 Å². The topological polar surface area (TPSA) is 137 Å². The molecular formula is C34H28Cl2N8O4. The summed E-state index contributed by atoms with van der Waals surface area (Å²) in [7, 11) is 0. The Morgan fingerprint density at radius 3 is 1.46 bits per heavy atom. The Labute approximate surface area is 282 Å². The monoisotopic (exact) mass is 682 g/mol. The third-order valence-corrected chi connectivity index (χ3v) is 9.95. The van der Waals surface area contributed by atoms with Gasteiger partial charge in [-0.05, 0) is 12.1 Å². The molecule has 2 saturated heterocycles. The molecule has 0 saturated carbocycles. The summed E-state index contributed by atoms with van der Waals surface area (Å²) in [4.78, 5) is 49.9. The Morgan fingerprint density at radius 2 is 1.06 bits per heavy atom. The second-order valence-corrected chi connectivity index (χ2v) is 13.1.